The van der Waals surface area contributed by atoms with Crippen LogP contribution in [0.5, 0.6) is 0 Å². The van der Waals surface area contributed by atoms with Gasteiger partial charge < -0.3 is 4.90 Å². The number of likely N-dealkylation sites (tertiary alicyclic amines) is 1. The zero-order valence-electron chi connectivity index (χ0n) is 9.31. The van der Waals surface area contributed by atoms with E-state index in [1.165, 1.54) is 0 Å². The van der Waals surface area contributed by atoms with E-state index in [-0.39, 0.29) is 5.91 Å². The molecule has 1 amide bonds. The largest absolute Gasteiger partial charge is 0.337 e. The van der Waals surface area contributed by atoms with E-state index in [4.69, 9.17) is 0 Å². The van der Waals surface area contributed by atoms with Crippen LogP contribution in [0.2, 0.25) is 0 Å². The van der Waals surface area contributed by atoms with E-state index >= 15 is 0 Å². The first-order valence-corrected chi connectivity index (χ1v) is 5.51. The standard InChI is InChI=1S/C13H14N2O/c1-2-8-15-9-11-6-4-3-5-7-13(11,10-14)12(15)16/h3-7H,2,8-9H2,1H3. The zero-order valence-corrected chi connectivity index (χ0v) is 9.31. The Kier molecular flexibility index (Phi) is 2.66. The molecule has 16 heavy (non-hydrogen) atoms. The molecule has 1 heterocycles. The molecular formula is C13H14N2O. The molecule has 1 aliphatic heterocycles. The van der Waals surface area contributed by atoms with Gasteiger partial charge in [0.1, 0.15) is 0 Å². The first kappa shape index (κ1) is 10.7. The van der Waals surface area contributed by atoms with Crippen LogP contribution in [-0.4, -0.2) is 23.9 Å². The fourth-order valence-electron chi connectivity index (χ4n) is 2.19. The second kappa shape index (κ2) is 3.97. The van der Waals surface area contributed by atoms with Gasteiger partial charge in [-0.05, 0) is 12.0 Å². The van der Waals surface area contributed by atoms with E-state index in [2.05, 4.69) is 6.07 Å². The fraction of sp³-hybridized carbons (Fsp3) is 0.385. The Bertz CT molecular complexity index is 439. The molecule has 0 aromatic heterocycles. The molecule has 1 unspecified atom stereocenters. The van der Waals surface area contributed by atoms with Crippen molar-refractivity contribution >= 4 is 5.91 Å². The summed E-state index contributed by atoms with van der Waals surface area (Å²) in [6.45, 7) is 3.33. The monoisotopic (exact) mass is 214 g/mol. The van der Waals surface area contributed by atoms with E-state index < -0.39 is 5.41 Å². The maximum absolute atomic E-state index is 12.2. The van der Waals surface area contributed by atoms with Crippen LogP contribution in [0.1, 0.15) is 13.3 Å². The second-order valence-corrected chi connectivity index (χ2v) is 4.08. The number of amides is 1. The number of carbonyl (C=O) groups excluding carboxylic acids is 1. The van der Waals surface area contributed by atoms with Crippen molar-refractivity contribution in [3.63, 3.8) is 0 Å². The van der Waals surface area contributed by atoms with E-state index in [0.29, 0.717) is 6.54 Å². The molecule has 0 aromatic carbocycles. The normalized spacial score (nSPS) is 27.4. The van der Waals surface area contributed by atoms with Gasteiger partial charge in [0.2, 0.25) is 0 Å². The van der Waals surface area contributed by atoms with Crippen LogP contribution in [0.4, 0.5) is 0 Å². The van der Waals surface area contributed by atoms with Gasteiger partial charge in [0, 0.05) is 13.1 Å². The number of allylic oxidation sites excluding steroid dienone is 4. The molecule has 1 saturated heterocycles. The molecule has 0 saturated carbocycles. The summed E-state index contributed by atoms with van der Waals surface area (Å²) in [5.41, 5.74) is -0.156. The Morgan fingerprint density at radius 2 is 2.31 bits per heavy atom. The number of carbonyl (C=O) groups is 1. The molecule has 0 spiro atoms. The molecule has 2 aliphatic rings. The van der Waals surface area contributed by atoms with Crippen molar-refractivity contribution in [2.24, 2.45) is 5.41 Å². The molecule has 82 valence electrons. The summed E-state index contributed by atoms with van der Waals surface area (Å²) in [6.07, 6.45) is 10.0. The van der Waals surface area contributed by atoms with Crippen molar-refractivity contribution in [3.05, 3.63) is 36.0 Å². The molecule has 1 aliphatic carbocycles. The number of hydrogen-bond acceptors (Lipinski definition) is 2. The van der Waals surface area contributed by atoms with Crippen LogP contribution in [0.15, 0.2) is 36.0 Å². The van der Waals surface area contributed by atoms with Gasteiger partial charge in [-0.25, -0.2) is 0 Å². The number of hydrogen-bond donors (Lipinski definition) is 0. The van der Waals surface area contributed by atoms with Crippen LogP contribution in [0, 0.1) is 16.7 Å². The van der Waals surface area contributed by atoms with Crippen molar-refractivity contribution in [1.82, 2.24) is 4.90 Å². The lowest BCUT2D eigenvalue weighted by molar-refractivity contribution is -0.131. The molecule has 0 aromatic rings. The quantitative estimate of drug-likeness (QED) is 0.703. The van der Waals surface area contributed by atoms with Gasteiger partial charge in [0.05, 0.1) is 6.07 Å². The average molecular weight is 214 g/mol. The van der Waals surface area contributed by atoms with E-state index in [1.807, 2.05) is 25.2 Å². The zero-order chi connectivity index (χ0) is 11.6. The maximum Gasteiger partial charge on any atom is 0.251 e. The van der Waals surface area contributed by atoms with Crippen molar-refractivity contribution in [1.29, 1.82) is 5.26 Å². The molecule has 1 atom stereocenters. The van der Waals surface area contributed by atoms with Gasteiger partial charge in [-0.2, -0.15) is 5.26 Å². The lowest BCUT2D eigenvalue weighted by Gasteiger charge is -2.17. The minimum Gasteiger partial charge on any atom is -0.337 e. The number of fused-ring (bicyclic) bond motifs is 1. The number of rotatable bonds is 2. The van der Waals surface area contributed by atoms with Gasteiger partial charge in [-0.15, -0.1) is 0 Å². The maximum atomic E-state index is 12.2. The predicted molar refractivity (Wildman–Crippen MR) is 61.3 cm³/mol. The van der Waals surface area contributed by atoms with Crippen LogP contribution >= 0.6 is 0 Å². The highest BCUT2D eigenvalue weighted by Crippen LogP contribution is 2.38. The molecule has 0 N–H and O–H groups in total. The molecule has 2 rings (SSSR count). The fourth-order valence-corrected chi connectivity index (χ4v) is 2.19. The summed E-state index contributed by atoms with van der Waals surface area (Å²) in [5, 5.41) is 9.32. The number of nitriles is 1. The average Bonchev–Trinajstić information content (AvgIpc) is 2.47. The summed E-state index contributed by atoms with van der Waals surface area (Å²) in [6, 6.07) is 2.17. The third kappa shape index (κ3) is 1.38. The SMILES string of the molecule is CCCN1CC2=CC=CC=CC2(C#N)C1=O. The Morgan fingerprint density at radius 1 is 1.50 bits per heavy atom. The molecule has 3 nitrogen and oxygen atoms in total. The topological polar surface area (TPSA) is 44.1 Å². The summed E-state index contributed by atoms with van der Waals surface area (Å²) in [7, 11) is 0. The Labute approximate surface area is 95.4 Å². The second-order valence-electron chi connectivity index (χ2n) is 4.08. The van der Waals surface area contributed by atoms with E-state index in [0.717, 1.165) is 18.5 Å². The highest BCUT2D eigenvalue weighted by atomic mass is 16.2. The van der Waals surface area contributed by atoms with E-state index in [9.17, 15) is 10.1 Å². The van der Waals surface area contributed by atoms with Gasteiger partial charge in [-0.1, -0.05) is 37.3 Å². The Balaban J connectivity index is 2.43. The smallest absolute Gasteiger partial charge is 0.251 e. The van der Waals surface area contributed by atoms with Crippen LogP contribution in [-0.2, 0) is 4.79 Å². The summed E-state index contributed by atoms with van der Waals surface area (Å²) < 4.78 is 0. The molecule has 0 radical (unpaired) electrons. The predicted octanol–water partition coefficient (Wildman–Crippen LogP) is 1.80. The minimum absolute atomic E-state index is 0.0805. The lowest BCUT2D eigenvalue weighted by atomic mass is 9.83. The summed E-state index contributed by atoms with van der Waals surface area (Å²) >= 11 is 0. The Morgan fingerprint density at radius 3 is 3.00 bits per heavy atom. The highest BCUT2D eigenvalue weighted by Gasteiger charge is 2.48. The van der Waals surface area contributed by atoms with Gasteiger partial charge in [0.25, 0.3) is 5.91 Å². The van der Waals surface area contributed by atoms with Crippen LogP contribution in [0.3, 0.4) is 0 Å². The van der Waals surface area contributed by atoms with Gasteiger partial charge >= 0.3 is 0 Å². The minimum atomic E-state index is -1.04. The third-order valence-electron chi connectivity index (χ3n) is 3.03. The summed E-state index contributed by atoms with van der Waals surface area (Å²) in [4.78, 5) is 14.0. The third-order valence-corrected chi connectivity index (χ3v) is 3.03. The molecule has 3 heteroatoms. The summed E-state index contributed by atoms with van der Waals surface area (Å²) in [5.74, 6) is -0.0805. The number of nitrogens with zero attached hydrogens (tertiary/aromatic N) is 2. The van der Waals surface area contributed by atoms with Crippen LogP contribution in [0.25, 0.3) is 0 Å². The molecule has 0 bridgehead atoms. The van der Waals surface area contributed by atoms with E-state index in [1.54, 1.807) is 17.1 Å². The van der Waals surface area contributed by atoms with Gasteiger partial charge in [0.15, 0.2) is 5.41 Å². The van der Waals surface area contributed by atoms with Crippen molar-refractivity contribution in [2.45, 2.75) is 13.3 Å². The van der Waals surface area contributed by atoms with Crippen molar-refractivity contribution in [3.8, 4) is 6.07 Å². The first-order valence-electron chi connectivity index (χ1n) is 5.51. The van der Waals surface area contributed by atoms with Crippen LogP contribution < -0.4 is 0 Å². The molecule has 1 fully saturated rings. The Hall–Kier alpha value is -1.82. The van der Waals surface area contributed by atoms with Crippen molar-refractivity contribution < 1.29 is 4.79 Å². The highest BCUT2D eigenvalue weighted by molar-refractivity contribution is 5.95. The van der Waals surface area contributed by atoms with Gasteiger partial charge in [-0.3, -0.25) is 4.79 Å². The van der Waals surface area contributed by atoms with Crippen molar-refractivity contribution in [2.75, 3.05) is 13.1 Å². The lowest BCUT2D eigenvalue weighted by Crippen LogP contribution is -2.33. The first-order chi connectivity index (χ1) is 7.74. The molecular weight excluding hydrogens is 200 g/mol.